The van der Waals surface area contributed by atoms with Crippen LogP contribution < -0.4 is 0 Å². The highest BCUT2D eigenvalue weighted by Gasteiger charge is 2.36. The summed E-state index contributed by atoms with van der Waals surface area (Å²) in [5, 5.41) is -4.81. The van der Waals surface area contributed by atoms with Gasteiger partial charge in [-0.05, 0) is 118 Å². The number of benzene rings is 9. The highest BCUT2D eigenvalue weighted by atomic mass is 16.3. The third kappa shape index (κ3) is 4.11. The summed E-state index contributed by atoms with van der Waals surface area (Å²) in [6.07, 6.45) is 0. The molecule has 1 unspecified atom stereocenters. The zero-order chi connectivity index (χ0) is 60.5. The Labute approximate surface area is 344 Å². The maximum atomic E-state index is 10.2. The van der Waals surface area contributed by atoms with Gasteiger partial charge in [0.1, 0.15) is 11.2 Å². The van der Waals surface area contributed by atoms with Crippen molar-refractivity contribution in [3.05, 3.63) is 180 Å². The first-order valence-electron chi connectivity index (χ1n) is 30.7. The molecule has 0 aliphatic heterocycles. The molecule has 1 aliphatic carbocycles. The van der Waals surface area contributed by atoms with Gasteiger partial charge in [0.25, 0.3) is 0 Å². The van der Waals surface area contributed by atoms with E-state index in [0.29, 0.717) is 0 Å². The van der Waals surface area contributed by atoms with Crippen molar-refractivity contribution < 1.29 is 45.5 Å². The van der Waals surface area contributed by atoms with Gasteiger partial charge >= 0.3 is 0 Å². The fourth-order valence-electron chi connectivity index (χ4n) is 6.98. The molecular formula is C51H34O. The zero-order valence-corrected chi connectivity index (χ0v) is 26.5. The van der Waals surface area contributed by atoms with Gasteiger partial charge in [0.05, 0.1) is 37.0 Å². The van der Waals surface area contributed by atoms with Gasteiger partial charge in [0.2, 0.25) is 0 Å². The van der Waals surface area contributed by atoms with E-state index in [1.54, 1.807) is 0 Å². The standard InChI is InChI=1S/C51H34O/c1-51(2)44-29-33(31-12-4-3-5-13-31)20-24-37(44)38-25-21-35(30-45(38)51)49-41-18-10-8-16-39(41)48(40-17-9-11-19-42(40)49)34-23-26-46-43(28-34)50-36-15-7-6-14-32(36)22-27-47(50)52-46/h3-30H,1-2H3/i1D3,3D,4D,5D,6D,7D,8D,9D,10D,11D,12D,13D,14D,15D,16D,17D,18D,19D,20D,21D,22D,23D,24D,26D,27D,28D,29D,30D. The van der Waals surface area contributed by atoms with Gasteiger partial charge in [0.15, 0.2) is 0 Å². The van der Waals surface area contributed by atoms with Crippen LogP contribution >= 0.6 is 0 Å². The van der Waals surface area contributed by atoms with Crippen LogP contribution in [0.3, 0.4) is 0 Å². The van der Waals surface area contributed by atoms with Gasteiger partial charge in [-0.25, -0.2) is 0 Å². The maximum absolute atomic E-state index is 10.2. The molecule has 52 heavy (non-hydrogen) atoms. The molecule has 0 saturated carbocycles. The van der Waals surface area contributed by atoms with Crippen LogP contribution in [-0.4, -0.2) is 0 Å². The Morgan fingerprint density at radius 2 is 1.04 bits per heavy atom. The maximum Gasteiger partial charge on any atom is 0.136 e. The molecule has 1 aromatic heterocycles. The van der Waals surface area contributed by atoms with Crippen molar-refractivity contribution in [2.75, 3.05) is 0 Å². The first kappa shape index (κ1) is 12.4. The summed E-state index contributed by atoms with van der Waals surface area (Å²) in [7, 11) is 0. The van der Waals surface area contributed by atoms with Crippen molar-refractivity contribution in [2.24, 2.45) is 0 Å². The van der Waals surface area contributed by atoms with Crippen LogP contribution in [0.15, 0.2) is 174 Å². The average Bonchev–Trinajstić information content (AvgIpc) is 1.85. The minimum Gasteiger partial charge on any atom is -0.456 e. The molecule has 0 radical (unpaired) electrons. The van der Waals surface area contributed by atoms with Crippen molar-refractivity contribution in [2.45, 2.75) is 19.2 Å². The van der Waals surface area contributed by atoms with E-state index in [1.165, 1.54) is 0 Å². The molecule has 1 atom stereocenters. The lowest BCUT2D eigenvalue weighted by atomic mass is 9.80. The molecule has 10 aromatic rings. The molecule has 1 aliphatic rings. The quantitative estimate of drug-likeness (QED) is 0.168. The molecule has 244 valence electrons. The third-order valence-corrected chi connectivity index (χ3v) is 9.28. The molecule has 0 amide bonds. The highest BCUT2D eigenvalue weighted by Crippen LogP contribution is 2.52. The third-order valence-electron chi connectivity index (χ3n) is 9.28. The number of hydrogen-bond acceptors (Lipinski definition) is 1. The Morgan fingerprint density at radius 1 is 0.462 bits per heavy atom. The molecule has 11 rings (SSSR count). The van der Waals surface area contributed by atoms with Crippen molar-refractivity contribution in [3.63, 3.8) is 0 Å². The van der Waals surface area contributed by atoms with Crippen molar-refractivity contribution >= 4 is 54.3 Å². The van der Waals surface area contributed by atoms with Crippen LogP contribution in [0.2, 0.25) is 0 Å². The first-order chi connectivity index (χ1) is 38.0. The molecule has 1 nitrogen and oxygen atoms in total. The summed E-state index contributed by atoms with van der Waals surface area (Å²) in [5.74, 6) is 0. The smallest absolute Gasteiger partial charge is 0.136 e. The fraction of sp³-hybridized carbons (Fsp3) is 0.0588. The number of rotatable bonds is 3. The van der Waals surface area contributed by atoms with Gasteiger partial charge in [-0.15, -0.1) is 0 Å². The molecular weight excluding hydrogens is 629 g/mol. The Hall–Kier alpha value is -6.44. The molecule has 1 heterocycles. The van der Waals surface area contributed by atoms with Crippen LogP contribution in [0, 0.1) is 0 Å². The molecule has 0 N–H and O–H groups in total. The number of furan rings is 1. The van der Waals surface area contributed by atoms with E-state index >= 15 is 0 Å². The summed E-state index contributed by atoms with van der Waals surface area (Å²) in [5.41, 5.74) is -10.3. The highest BCUT2D eigenvalue weighted by molar-refractivity contribution is 6.23. The van der Waals surface area contributed by atoms with Crippen LogP contribution in [0.5, 0.6) is 0 Å². The van der Waals surface area contributed by atoms with Gasteiger partial charge in [0, 0.05) is 20.3 Å². The van der Waals surface area contributed by atoms with Crippen LogP contribution in [-0.2, 0) is 5.41 Å². The average molecular weight is 693 g/mol. The summed E-state index contributed by atoms with van der Waals surface area (Å²) in [6.45, 7) is -2.35. The summed E-state index contributed by atoms with van der Waals surface area (Å²) in [6, 6.07) is -23.3. The minimum atomic E-state index is -3.39. The second-order valence-electron chi connectivity index (χ2n) is 12.2. The Morgan fingerprint density at radius 3 is 1.75 bits per heavy atom. The fourth-order valence-corrected chi connectivity index (χ4v) is 6.98. The van der Waals surface area contributed by atoms with Crippen molar-refractivity contribution in [3.8, 4) is 44.5 Å². The van der Waals surface area contributed by atoms with Gasteiger partial charge in [-0.2, -0.15) is 0 Å². The number of fused-ring (bicyclic) bond motifs is 10. The predicted octanol–water partition coefficient (Wildman–Crippen LogP) is 14.4. The first-order valence-corrected chi connectivity index (χ1v) is 15.7. The SMILES string of the molecule is [2H]c1cc2c(c([2H])c1-c1c3c([2H])c([2H])c([2H])c([2H])c3c(-c3c([2H])c([2H])c4oc5c([2H])c([2H])c6c([2H])c([2H])c([2H])c([2H])c6c5c4c3[2H])c3c([2H])c([2H])c([2H])c([2H])c13)C(C)(C([2H])([2H])[2H])c1c([2H])c(-c3c([2H])c([2H])c([2H])c([2H])c3[2H])c([2H])c([2H])c1-2. The molecule has 0 spiro atoms. The van der Waals surface area contributed by atoms with Crippen LogP contribution in [0.25, 0.3) is 98.8 Å². The Kier molecular flexibility index (Phi) is 2.56. The molecule has 1 heteroatoms. The Bertz CT molecular complexity index is 4660. The lowest BCUT2D eigenvalue weighted by Gasteiger charge is -2.23. The summed E-state index contributed by atoms with van der Waals surface area (Å²) >= 11 is 0. The van der Waals surface area contributed by atoms with Crippen molar-refractivity contribution in [1.82, 2.24) is 0 Å². The molecule has 9 aromatic carbocycles. The molecule has 0 bridgehead atoms. The second-order valence-corrected chi connectivity index (χ2v) is 12.2. The van der Waals surface area contributed by atoms with Gasteiger partial charge in [-0.3, -0.25) is 0 Å². The number of hydrogen-bond donors (Lipinski definition) is 0. The lowest BCUT2D eigenvalue weighted by Crippen LogP contribution is -2.15. The van der Waals surface area contributed by atoms with E-state index in [-0.39, 0.29) is 5.56 Å². The largest absolute Gasteiger partial charge is 0.456 e. The van der Waals surface area contributed by atoms with E-state index < -0.39 is 280 Å². The van der Waals surface area contributed by atoms with E-state index in [0.717, 1.165) is 13.0 Å². The van der Waals surface area contributed by atoms with Crippen LogP contribution in [0.1, 0.15) is 66.0 Å². The molecule has 0 fully saturated rings. The predicted molar refractivity (Wildman–Crippen MR) is 220 cm³/mol. The van der Waals surface area contributed by atoms with E-state index in [1.807, 2.05) is 0 Å². The topological polar surface area (TPSA) is 13.1 Å². The van der Waals surface area contributed by atoms with Crippen molar-refractivity contribution in [1.29, 1.82) is 0 Å². The lowest BCUT2D eigenvalue weighted by molar-refractivity contribution is 0.661. The summed E-state index contributed by atoms with van der Waals surface area (Å²) < 4.78 is 279. The van der Waals surface area contributed by atoms with E-state index in [2.05, 4.69) is 0 Å². The van der Waals surface area contributed by atoms with Gasteiger partial charge in [-0.1, -0.05) is 153 Å². The molecule has 0 saturated heterocycles. The van der Waals surface area contributed by atoms with E-state index in [9.17, 15) is 15.1 Å². The zero-order valence-electron chi connectivity index (χ0n) is 56.5. The summed E-state index contributed by atoms with van der Waals surface area (Å²) in [4.78, 5) is 0. The monoisotopic (exact) mass is 692 g/mol. The Balaban J connectivity index is 1.36. The minimum absolute atomic E-state index is 0.381. The van der Waals surface area contributed by atoms with Crippen LogP contribution in [0.4, 0.5) is 0 Å². The van der Waals surface area contributed by atoms with Gasteiger partial charge < -0.3 is 4.42 Å². The second kappa shape index (κ2) is 10.8. The van der Waals surface area contributed by atoms with E-state index in [4.69, 9.17) is 30.5 Å². The normalized spacial score (nSPS) is 23.6.